The van der Waals surface area contributed by atoms with Gasteiger partial charge in [0.25, 0.3) is 0 Å². The number of rotatable bonds is 7. The summed E-state index contributed by atoms with van der Waals surface area (Å²) < 4.78 is 1.31. The Labute approximate surface area is 141 Å². The summed E-state index contributed by atoms with van der Waals surface area (Å²) in [6.45, 7) is 1.11. The van der Waals surface area contributed by atoms with Crippen molar-refractivity contribution in [2.75, 3.05) is 6.54 Å². The van der Waals surface area contributed by atoms with Gasteiger partial charge in [0.15, 0.2) is 0 Å². The van der Waals surface area contributed by atoms with E-state index in [4.69, 9.17) is 0 Å². The van der Waals surface area contributed by atoms with Crippen LogP contribution in [0.4, 0.5) is 0 Å². The predicted molar refractivity (Wildman–Crippen MR) is 97.7 cm³/mol. The molecule has 3 rings (SSSR count). The summed E-state index contributed by atoms with van der Waals surface area (Å²) in [4.78, 5) is 0. The molecule has 0 amide bonds. The van der Waals surface area contributed by atoms with Gasteiger partial charge in [0.05, 0.1) is 0 Å². The molecule has 1 aliphatic rings. The van der Waals surface area contributed by atoms with Crippen molar-refractivity contribution in [1.29, 1.82) is 0 Å². The molecule has 0 saturated heterocycles. The summed E-state index contributed by atoms with van der Waals surface area (Å²) in [5.41, 5.74) is 2.92. The summed E-state index contributed by atoms with van der Waals surface area (Å²) in [7, 11) is 0. The molecule has 1 N–H and O–H groups in total. The van der Waals surface area contributed by atoms with Crippen molar-refractivity contribution >= 4 is 22.6 Å². The minimum atomic E-state index is 0.617. The number of hydrogen-bond donors (Lipinski definition) is 1. The van der Waals surface area contributed by atoms with E-state index in [1.807, 2.05) is 0 Å². The Morgan fingerprint density at radius 1 is 1.00 bits per heavy atom. The Morgan fingerprint density at radius 2 is 1.71 bits per heavy atom. The topological polar surface area (TPSA) is 12.0 Å². The van der Waals surface area contributed by atoms with E-state index >= 15 is 0 Å². The SMILES string of the molecule is Ic1ccc(CCC(CNC2CC2)c2ccccc2)cc1. The highest BCUT2D eigenvalue weighted by Gasteiger charge is 2.22. The molecule has 1 aliphatic carbocycles. The molecule has 1 fully saturated rings. The first-order valence-electron chi connectivity index (χ1n) is 7.84. The molecular weight excluding hydrogens is 369 g/mol. The lowest BCUT2D eigenvalue weighted by atomic mass is 9.92. The molecule has 110 valence electrons. The molecule has 1 atom stereocenters. The zero-order valence-electron chi connectivity index (χ0n) is 12.3. The van der Waals surface area contributed by atoms with Crippen LogP contribution in [-0.4, -0.2) is 12.6 Å². The summed E-state index contributed by atoms with van der Waals surface area (Å²) in [5.74, 6) is 0.617. The number of aryl methyl sites for hydroxylation is 1. The second kappa shape index (κ2) is 7.41. The smallest absolute Gasteiger partial charge is 0.0130 e. The molecule has 0 bridgehead atoms. The molecule has 1 unspecified atom stereocenters. The van der Waals surface area contributed by atoms with Crippen molar-refractivity contribution in [3.05, 3.63) is 69.3 Å². The van der Waals surface area contributed by atoms with Crippen LogP contribution in [0.1, 0.15) is 36.3 Å². The van der Waals surface area contributed by atoms with E-state index in [0.717, 1.165) is 19.0 Å². The quantitative estimate of drug-likeness (QED) is 0.672. The van der Waals surface area contributed by atoms with Crippen molar-refractivity contribution in [2.24, 2.45) is 0 Å². The maximum absolute atomic E-state index is 3.70. The molecule has 0 aromatic heterocycles. The van der Waals surface area contributed by atoms with Gasteiger partial charge in [0.1, 0.15) is 0 Å². The fourth-order valence-electron chi connectivity index (χ4n) is 2.70. The fourth-order valence-corrected chi connectivity index (χ4v) is 3.06. The highest BCUT2D eigenvalue weighted by Crippen LogP contribution is 2.24. The standard InChI is InChI=1S/C19H22IN/c20-18-10-7-15(8-11-18)6-9-17(14-21-19-12-13-19)16-4-2-1-3-5-16/h1-5,7-8,10-11,17,19,21H,6,9,12-14H2. The van der Waals surface area contributed by atoms with Crippen LogP contribution in [-0.2, 0) is 6.42 Å². The molecule has 21 heavy (non-hydrogen) atoms. The largest absolute Gasteiger partial charge is 0.313 e. The predicted octanol–water partition coefficient (Wildman–Crippen LogP) is 4.76. The van der Waals surface area contributed by atoms with Gasteiger partial charge in [-0.15, -0.1) is 0 Å². The van der Waals surface area contributed by atoms with Crippen LogP contribution in [0.3, 0.4) is 0 Å². The lowest BCUT2D eigenvalue weighted by molar-refractivity contribution is 0.548. The molecule has 2 aromatic carbocycles. The average molecular weight is 391 g/mol. The summed E-state index contributed by atoms with van der Waals surface area (Å²) in [6.07, 6.45) is 5.09. The van der Waals surface area contributed by atoms with Crippen LogP contribution in [0, 0.1) is 3.57 Å². The lowest BCUT2D eigenvalue weighted by Gasteiger charge is -2.18. The summed E-state index contributed by atoms with van der Waals surface area (Å²) >= 11 is 2.37. The second-order valence-corrected chi connectivity index (χ2v) is 7.20. The monoisotopic (exact) mass is 391 g/mol. The first kappa shape index (κ1) is 15.0. The van der Waals surface area contributed by atoms with Crippen LogP contribution in [0.2, 0.25) is 0 Å². The van der Waals surface area contributed by atoms with Crippen molar-refractivity contribution in [3.63, 3.8) is 0 Å². The molecule has 1 nitrogen and oxygen atoms in total. The van der Waals surface area contributed by atoms with Crippen LogP contribution in [0.25, 0.3) is 0 Å². The van der Waals surface area contributed by atoms with E-state index in [-0.39, 0.29) is 0 Å². The highest BCUT2D eigenvalue weighted by atomic mass is 127. The Morgan fingerprint density at radius 3 is 2.38 bits per heavy atom. The van der Waals surface area contributed by atoms with E-state index in [2.05, 4.69) is 82.5 Å². The third-order valence-electron chi connectivity index (χ3n) is 4.20. The van der Waals surface area contributed by atoms with Crippen molar-refractivity contribution in [2.45, 2.75) is 37.6 Å². The van der Waals surface area contributed by atoms with Gasteiger partial charge in [0.2, 0.25) is 0 Å². The maximum Gasteiger partial charge on any atom is 0.0130 e. The van der Waals surface area contributed by atoms with Gasteiger partial charge in [-0.05, 0) is 77.5 Å². The molecule has 2 heteroatoms. The third kappa shape index (κ3) is 4.82. The number of benzene rings is 2. The molecule has 0 aliphatic heterocycles. The number of nitrogens with one attached hydrogen (secondary N) is 1. The minimum Gasteiger partial charge on any atom is -0.313 e. The lowest BCUT2D eigenvalue weighted by Crippen LogP contribution is -2.24. The van der Waals surface area contributed by atoms with E-state index in [9.17, 15) is 0 Å². The molecule has 0 spiro atoms. The first-order valence-corrected chi connectivity index (χ1v) is 8.92. The Hall–Kier alpha value is -0.870. The van der Waals surface area contributed by atoms with Gasteiger partial charge >= 0.3 is 0 Å². The number of hydrogen-bond acceptors (Lipinski definition) is 1. The van der Waals surface area contributed by atoms with Crippen LogP contribution >= 0.6 is 22.6 Å². The van der Waals surface area contributed by atoms with Gasteiger partial charge in [-0.2, -0.15) is 0 Å². The van der Waals surface area contributed by atoms with E-state index in [1.165, 1.54) is 34.0 Å². The molecule has 1 saturated carbocycles. The van der Waals surface area contributed by atoms with Crippen LogP contribution in [0.15, 0.2) is 54.6 Å². The van der Waals surface area contributed by atoms with Gasteiger partial charge in [-0.1, -0.05) is 42.5 Å². The molecule has 0 radical (unpaired) electrons. The average Bonchev–Trinajstić information content (AvgIpc) is 3.34. The zero-order chi connectivity index (χ0) is 14.5. The summed E-state index contributed by atoms with van der Waals surface area (Å²) in [5, 5.41) is 3.70. The van der Waals surface area contributed by atoms with Crippen molar-refractivity contribution in [1.82, 2.24) is 5.32 Å². The fraction of sp³-hybridized carbons (Fsp3) is 0.368. The van der Waals surface area contributed by atoms with Gasteiger partial charge < -0.3 is 5.32 Å². The Kier molecular flexibility index (Phi) is 5.31. The third-order valence-corrected chi connectivity index (χ3v) is 4.92. The zero-order valence-corrected chi connectivity index (χ0v) is 14.4. The van der Waals surface area contributed by atoms with Gasteiger partial charge in [-0.25, -0.2) is 0 Å². The van der Waals surface area contributed by atoms with Crippen molar-refractivity contribution < 1.29 is 0 Å². The molecule has 0 heterocycles. The Balaban J connectivity index is 1.62. The second-order valence-electron chi connectivity index (χ2n) is 5.96. The number of halogens is 1. The van der Waals surface area contributed by atoms with Crippen LogP contribution in [0.5, 0.6) is 0 Å². The van der Waals surface area contributed by atoms with Gasteiger partial charge in [0, 0.05) is 16.2 Å². The normalized spacial score (nSPS) is 15.9. The minimum absolute atomic E-state index is 0.617. The van der Waals surface area contributed by atoms with Crippen LogP contribution < -0.4 is 5.32 Å². The van der Waals surface area contributed by atoms with Gasteiger partial charge in [-0.3, -0.25) is 0 Å². The van der Waals surface area contributed by atoms with E-state index < -0.39 is 0 Å². The molecular formula is C19H22IN. The maximum atomic E-state index is 3.70. The molecule has 2 aromatic rings. The van der Waals surface area contributed by atoms with Crippen molar-refractivity contribution in [3.8, 4) is 0 Å². The first-order chi connectivity index (χ1) is 10.3. The van der Waals surface area contributed by atoms with E-state index in [1.54, 1.807) is 0 Å². The summed E-state index contributed by atoms with van der Waals surface area (Å²) in [6, 6.07) is 20.7. The van der Waals surface area contributed by atoms with E-state index in [0.29, 0.717) is 5.92 Å². The highest BCUT2D eigenvalue weighted by molar-refractivity contribution is 14.1. The Bertz CT molecular complexity index is 546.